The summed E-state index contributed by atoms with van der Waals surface area (Å²) in [6.07, 6.45) is 3.53. The minimum absolute atomic E-state index is 0.119. The van der Waals surface area contributed by atoms with Gasteiger partial charge in [0.15, 0.2) is 0 Å². The molecule has 1 aromatic rings. The Balaban J connectivity index is 3.03. The Labute approximate surface area is 141 Å². The van der Waals surface area contributed by atoms with Crippen molar-refractivity contribution in [2.45, 2.75) is 26.4 Å². The van der Waals surface area contributed by atoms with Crippen molar-refractivity contribution in [2.24, 2.45) is 0 Å². The molecule has 0 fully saturated rings. The molecule has 0 aliphatic heterocycles. The number of thioether (sulfide) groups is 1. The first kappa shape index (κ1) is 19.1. The van der Waals surface area contributed by atoms with E-state index in [1.807, 2.05) is 19.9 Å². The SMILES string of the molecule is C=C/C=C(/C)SC(=C)c1cc(OC[C@H](O)CC)cc(C(=O)O)c1. The third-order valence-corrected chi connectivity index (χ3v) is 3.97. The molecule has 0 aromatic heterocycles. The standard InChI is InChI=1S/C18H22O4S/c1-5-7-12(3)23-13(4)14-8-15(18(20)21)10-17(9-14)22-11-16(19)6-2/h5,7-10,16,19H,1,4,6,11H2,2-3H3,(H,20,21)/b12-7-/t16-/m1/s1. The van der Waals surface area contributed by atoms with Crippen LogP contribution < -0.4 is 4.74 Å². The Morgan fingerprint density at radius 3 is 2.61 bits per heavy atom. The number of carboxylic acids is 1. The number of ether oxygens (including phenoxy) is 1. The van der Waals surface area contributed by atoms with Crippen LogP contribution in [0.4, 0.5) is 0 Å². The largest absolute Gasteiger partial charge is 0.491 e. The van der Waals surface area contributed by atoms with Crippen LogP contribution in [0.15, 0.2) is 48.4 Å². The van der Waals surface area contributed by atoms with Gasteiger partial charge in [-0.25, -0.2) is 4.79 Å². The molecule has 0 saturated carbocycles. The first-order valence-corrected chi connectivity index (χ1v) is 8.04. The minimum atomic E-state index is -1.04. The van der Waals surface area contributed by atoms with Gasteiger partial charge in [0.2, 0.25) is 0 Å². The fourth-order valence-corrected chi connectivity index (χ4v) is 2.52. The lowest BCUT2D eigenvalue weighted by atomic mass is 10.1. The average Bonchev–Trinajstić information content (AvgIpc) is 2.52. The lowest BCUT2D eigenvalue weighted by Crippen LogP contribution is -2.16. The van der Waals surface area contributed by atoms with Crippen LogP contribution >= 0.6 is 11.8 Å². The molecule has 0 heterocycles. The van der Waals surface area contributed by atoms with Crippen LogP contribution in [0.5, 0.6) is 5.75 Å². The monoisotopic (exact) mass is 334 g/mol. The van der Waals surface area contributed by atoms with E-state index in [0.29, 0.717) is 22.6 Å². The van der Waals surface area contributed by atoms with E-state index in [1.165, 1.54) is 17.8 Å². The zero-order valence-electron chi connectivity index (χ0n) is 13.4. The summed E-state index contributed by atoms with van der Waals surface area (Å²) in [5.41, 5.74) is 0.795. The van der Waals surface area contributed by atoms with Crippen LogP contribution in [0.1, 0.15) is 36.2 Å². The molecule has 0 spiro atoms. The van der Waals surface area contributed by atoms with E-state index < -0.39 is 12.1 Å². The second kappa shape index (κ2) is 9.22. The predicted octanol–water partition coefficient (Wildman–Crippen LogP) is 4.33. The van der Waals surface area contributed by atoms with Gasteiger partial charge in [0, 0.05) is 4.91 Å². The molecule has 0 unspecified atom stereocenters. The van der Waals surface area contributed by atoms with E-state index in [0.717, 1.165) is 4.91 Å². The van der Waals surface area contributed by atoms with Crippen molar-refractivity contribution in [1.82, 2.24) is 0 Å². The van der Waals surface area contributed by atoms with Gasteiger partial charge in [-0.2, -0.15) is 0 Å². The summed E-state index contributed by atoms with van der Waals surface area (Å²) in [5, 5.41) is 18.8. The van der Waals surface area contributed by atoms with Crippen molar-refractivity contribution in [2.75, 3.05) is 6.61 Å². The maximum absolute atomic E-state index is 11.3. The Morgan fingerprint density at radius 2 is 2.04 bits per heavy atom. The topological polar surface area (TPSA) is 66.8 Å². The van der Waals surface area contributed by atoms with E-state index in [-0.39, 0.29) is 12.2 Å². The summed E-state index contributed by atoms with van der Waals surface area (Å²) in [4.78, 5) is 13.0. The van der Waals surface area contributed by atoms with E-state index in [2.05, 4.69) is 13.2 Å². The van der Waals surface area contributed by atoms with Gasteiger partial charge in [-0.15, -0.1) is 0 Å². The van der Waals surface area contributed by atoms with E-state index >= 15 is 0 Å². The molecule has 0 radical (unpaired) electrons. The van der Waals surface area contributed by atoms with Gasteiger partial charge in [0.05, 0.1) is 11.7 Å². The number of aliphatic hydroxyl groups excluding tert-OH is 1. The quantitative estimate of drug-likeness (QED) is 0.658. The molecule has 0 saturated heterocycles. The van der Waals surface area contributed by atoms with E-state index in [1.54, 1.807) is 18.2 Å². The van der Waals surface area contributed by atoms with Gasteiger partial charge in [0.25, 0.3) is 0 Å². The van der Waals surface area contributed by atoms with E-state index in [9.17, 15) is 15.0 Å². The second-order valence-electron chi connectivity index (χ2n) is 4.96. The first-order chi connectivity index (χ1) is 10.9. The summed E-state index contributed by atoms with van der Waals surface area (Å²) in [7, 11) is 0. The summed E-state index contributed by atoms with van der Waals surface area (Å²) in [6.45, 7) is 11.5. The normalized spacial score (nSPS) is 12.6. The van der Waals surface area contributed by atoms with Crippen LogP contribution in [-0.2, 0) is 0 Å². The van der Waals surface area contributed by atoms with Gasteiger partial charge in [0.1, 0.15) is 12.4 Å². The Hall–Kier alpha value is -1.98. The average molecular weight is 334 g/mol. The molecule has 4 nitrogen and oxygen atoms in total. The number of hydrogen-bond donors (Lipinski definition) is 2. The number of aliphatic hydroxyl groups is 1. The highest BCUT2D eigenvalue weighted by Gasteiger charge is 2.12. The molecular formula is C18H22O4S. The fourth-order valence-electron chi connectivity index (χ4n) is 1.73. The van der Waals surface area contributed by atoms with Crippen molar-refractivity contribution in [1.29, 1.82) is 0 Å². The maximum atomic E-state index is 11.3. The maximum Gasteiger partial charge on any atom is 0.335 e. The highest BCUT2D eigenvalue weighted by molar-refractivity contribution is 8.11. The van der Waals surface area contributed by atoms with Crippen molar-refractivity contribution >= 4 is 22.6 Å². The van der Waals surface area contributed by atoms with Crippen molar-refractivity contribution < 1.29 is 19.7 Å². The Bertz CT molecular complexity index is 619. The molecular weight excluding hydrogens is 312 g/mol. The van der Waals surface area contributed by atoms with Crippen molar-refractivity contribution in [3.05, 3.63) is 59.5 Å². The van der Waals surface area contributed by atoms with Gasteiger partial charge in [-0.1, -0.05) is 44.0 Å². The highest BCUT2D eigenvalue weighted by Crippen LogP contribution is 2.34. The molecule has 0 aliphatic rings. The van der Waals surface area contributed by atoms with Gasteiger partial charge < -0.3 is 14.9 Å². The lowest BCUT2D eigenvalue weighted by Gasteiger charge is -2.13. The lowest BCUT2D eigenvalue weighted by molar-refractivity contribution is 0.0696. The summed E-state index contributed by atoms with van der Waals surface area (Å²) in [6, 6.07) is 4.73. The Kier molecular flexibility index (Phi) is 7.65. The number of allylic oxidation sites excluding steroid dienone is 3. The van der Waals surface area contributed by atoms with Crippen LogP contribution in [-0.4, -0.2) is 28.9 Å². The predicted molar refractivity (Wildman–Crippen MR) is 95.8 cm³/mol. The third-order valence-electron chi connectivity index (χ3n) is 3.03. The Morgan fingerprint density at radius 1 is 1.39 bits per heavy atom. The fraction of sp³-hybridized carbons (Fsp3) is 0.278. The number of rotatable bonds is 9. The number of aromatic carboxylic acids is 1. The molecule has 5 heteroatoms. The zero-order valence-corrected chi connectivity index (χ0v) is 14.2. The summed E-state index contributed by atoms with van der Waals surface area (Å²) >= 11 is 1.43. The molecule has 2 N–H and O–H groups in total. The molecule has 1 atom stereocenters. The summed E-state index contributed by atoms with van der Waals surface area (Å²) in [5.74, 6) is -0.636. The van der Waals surface area contributed by atoms with Crippen LogP contribution in [0.2, 0.25) is 0 Å². The molecule has 1 aromatic carbocycles. The van der Waals surface area contributed by atoms with Gasteiger partial charge in [-0.05, 0) is 42.0 Å². The van der Waals surface area contributed by atoms with Crippen LogP contribution in [0.25, 0.3) is 4.91 Å². The smallest absolute Gasteiger partial charge is 0.335 e. The third kappa shape index (κ3) is 6.34. The van der Waals surface area contributed by atoms with E-state index in [4.69, 9.17) is 4.74 Å². The minimum Gasteiger partial charge on any atom is -0.491 e. The summed E-state index contributed by atoms with van der Waals surface area (Å²) < 4.78 is 5.50. The second-order valence-corrected chi connectivity index (χ2v) is 6.30. The molecule has 0 bridgehead atoms. The first-order valence-electron chi connectivity index (χ1n) is 7.23. The van der Waals surface area contributed by atoms with Crippen molar-refractivity contribution in [3.8, 4) is 5.75 Å². The highest BCUT2D eigenvalue weighted by atomic mass is 32.2. The molecule has 1 rings (SSSR count). The van der Waals surface area contributed by atoms with Gasteiger partial charge in [-0.3, -0.25) is 0 Å². The number of hydrogen-bond acceptors (Lipinski definition) is 4. The molecule has 124 valence electrons. The number of carbonyl (C=O) groups is 1. The zero-order chi connectivity index (χ0) is 17.4. The number of benzene rings is 1. The van der Waals surface area contributed by atoms with Gasteiger partial charge >= 0.3 is 5.97 Å². The van der Waals surface area contributed by atoms with Crippen LogP contribution in [0, 0.1) is 0 Å². The van der Waals surface area contributed by atoms with Crippen LogP contribution in [0.3, 0.4) is 0 Å². The molecule has 23 heavy (non-hydrogen) atoms. The number of carboxylic acid groups (broad SMARTS) is 1. The van der Waals surface area contributed by atoms with Crippen molar-refractivity contribution in [3.63, 3.8) is 0 Å². The molecule has 0 aliphatic carbocycles. The molecule has 0 amide bonds.